The Morgan fingerprint density at radius 2 is 2.06 bits per heavy atom. The van der Waals surface area contributed by atoms with E-state index < -0.39 is 11.6 Å². The van der Waals surface area contributed by atoms with Crippen molar-refractivity contribution in [3.63, 3.8) is 0 Å². The third kappa shape index (κ3) is 2.24. The Bertz CT molecular complexity index is 402. The number of carbonyl (C=O) groups is 1. The van der Waals surface area contributed by atoms with Crippen LogP contribution in [0, 0.1) is 0 Å². The molecule has 1 heterocycles. The standard InChI is InChI=1S/C11H18N2O3/c1-5-6-7-12-9(11(2,3)16)8(10(14)15)13(7)4/h16H,5-6H2,1-4H3,(H,14,15). The lowest BCUT2D eigenvalue weighted by molar-refractivity contribution is 0.0603. The van der Waals surface area contributed by atoms with Gasteiger partial charge in [-0.15, -0.1) is 0 Å². The summed E-state index contributed by atoms with van der Waals surface area (Å²) in [5.41, 5.74) is -0.945. The predicted octanol–water partition coefficient (Wildman–Crippen LogP) is 1.30. The molecule has 0 aliphatic rings. The highest BCUT2D eigenvalue weighted by molar-refractivity contribution is 5.87. The van der Waals surface area contributed by atoms with Crippen LogP contribution in [-0.2, 0) is 19.1 Å². The van der Waals surface area contributed by atoms with Gasteiger partial charge in [0.15, 0.2) is 5.69 Å². The van der Waals surface area contributed by atoms with Gasteiger partial charge < -0.3 is 14.8 Å². The summed E-state index contributed by atoms with van der Waals surface area (Å²) in [6, 6.07) is 0. The van der Waals surface area contributed by atoms with Gasteiger partial charge in [0.2, 0.25) is 0 Å². The van der Waals surface area contributed by atoms with Gasteiger partial charge in [-0.05, 0) is 20.3 Å². The Kier molecular flexibility index (Phi) is 3.38. The van der Waals surface area contributed by atoms with Crippen LogP contribution in [0.4, 0.5) is 0 Å². The van der Waals surface area contributed by atoms with Gasteiger partial charge in [0.25, 0.3) is 0 Å². The fourth-order valence-electron chi connectivity index (χ4n) is 1.66. The minimum atomic E-state index is -1.24. The summed E-state index contributed by atoms with van der Waals surface area (Å²) in [5, 5.41) is 19.0. The summed E-state index contributed by atoms with van der Waals surface area (Å²) >= 11 is 0. The fourth-order valence-corrected chi connectivity index (χ4v) is 1.66. The summed E-state index contributed by atoms with van der Waals surface area (Å²) < 4.78 is 1.54. The first-order valence-corrected chi connectivity index (χ1v) is 5.30. The van der Waals surface area contributed by atoms with Crippen LogP contribution in [0.2, 0.25) is 0 Å². The first-order chi connectivity index (χ1) is 7.29. The molecule has 90 valence electrons. The van der Waals surface area contributed by atoms with E-state index in [0.29, 0.717) is 12.2 Å². The molecule has 1 rings (SSSR count). The van der Waals surface area contributed by atoms with Gasteiger partial charge in [-0.25, -0.2) is 9.78 Å². The van der Waals surface area contributed by atoms with E-state index in [1.54, 1.807) is 11.6 Å². The van der Waals surface area contributed by atoms with Crippen molar-refractivity contribution in [1.82, 2.24) is 9.55 Å². The molecule has 0 saturated carbocycles. The summed E-state index contributed by atoms with van der Waals surface area (Å²) in [5.74, 6) is -0.369. The van der Waals surface area contributed by atoms with Crippen molar-refractivity contribution >= 4 is 5.97 Å². The zero-order chi connectivity index (χ0) is 12.5. The average Bonchev–Trinajstić information content (AvgIpc) is 2.44. The highest BCUT2D eigenvalue weighted by Gasteiger charge is 2.30. The summed E-state index contributed by atoms with van der Waals surface area (Å²) in [7, 11) is 1.66. The first kappa shape index (κ1) is 12.7. The molecule has 2 N–H and O–H groups in total. The molecule has 0 spiro atoms. The second-order valence-corrected chi connectivity index (χ2v) is 4.40. The molecule has 0 aromatic carbocycles. The molecule has 0 aliphatic heterocycles. The Morgan fingerprint density at radius 3 is 2.38 bits per heavy atom. The summed E-state index contributed by atoms with van der Waals surface area (Å²) in [4.78, 5) is 15.4. The molecule has 0 atom stereocenters. The van der Waals surface area contributed by atoms with E-state index in [-0.39, 0.29) is 11.4 Å². The van der Waals surface area contributed by atoms with Crippen LogP contribution >= 0.6 is 0 Å². The number of aromatic nitrogens is 2. The molecule has 0 bridgehead atoms. The van der Waals surface area contributed by atoms with Crippen molar-refractivity contribution in [2.75, 3.05) is 0 Å². The van der Waals surface area contributed by atoms with Crippen LogP contribution in [-0.4, -0.2) is 25.7 Å². The van der Waals surface area contributed by atoms with Gasteiger partial charge >= 0.3 is 5.97 Å². The van der Waals surface area contributed by atoms with Crippen molar-refractivity contribution in [3.05, 3.63) is 17.2 Å². The van der Waals surface area contributed by atoms with E-state index >= 15 is 0 Å². The number of nitrogens with zero attached hydrogens (tertiary/aromatic N) is 2. The third-order valence-corrected chi connectivity index (χ3v) is 2.44. The second-order valence-electron chi connectivity index (χ2n) is 4.40. The number of rotatable bonds is 4. The fraction of sp³-hybridized carbons (Fsp3) is 0.636. The smallest absolute Gasteiger partial charge is 0.354 e. The van der Waals surface area contributed by atoms with Crippen LogP contribution < -0.4 is 0 Å². The number of aromatic carboxylic acids is 1. The molecule has 0 amide bonds. The molecular weight excluding hydrogens is 208 g/mol. The molecule has 0 fully saturated rings. The topological polar surface area (TPSA) is 75.3 Å². The molecule has 0 saturated heterocycles. The van der Waals surface area contributed by atoms with E-state index in [2.05, 4.69) is 4.98 Å². The lowest BCUT2D eigenvalue weighted by Crippen LogP contribution is -2.21. The van der Waals surface area contributed by atoms with Gasteiger partial charge in [0.05, 0.1) is 0 Å². The van der Waals surface area contributed by atoms with Crippen LogP contribution in [0.15, 0.2) is 0 Å². The maximum atomic E-state index is 11.1. The number of carboxylic acid groups (broad SMARTS) is 1. The molecule has 5 nitrogen and oxygen atoms in total. The normalized spacial score (nSPS) is 11.8. The second kappa shape index (κ2) is 4.25. The first-order valence-electron chi connectivity index (χ1n) is 5.30. The van der Waals surface area contributed by atoms with Gasteiger partial charge in [-0.2, -0.15) is 0 Å². The van der Waals surface area contributed by atoms with Gasteiger partial charge in [0, 0.05) is 13.5 Å². The van der Waals surface area contributed by atoms with Crippen molar-refractivity contribution < 1.29 is 15.0 Å². The lowest BCUT2D eigenvalue weighted by atomic mass is 10.0. The molecule has 0 aliphatic carbocycles. The Morgan fingerprint density at radius 1 is 1.50 bits per heavy atom. The van der Waals surface area contributed by atoms with Crippen molar-refractivity contribution in [2.45, 2.75) is 39.2 Å². The van der Waals surface area contributed by atoms with E-state index in [0.717, 1.165) is 6.42 Å². The largest absolute Gasteiger partial charge is 0.477 e. The van der Waals surface area contributed by atoms with Gasteiger partial charge in [-0.1, -0.05) is 6.92 Å². The van der Waals surface area contributed by atoms with Gasteiger partial charge in [-0.3, -0.25) is 0 Å². The highest BCUT2D eigenvalue weighted by atomic mass is 16.4. The molecule has 5 heteroatoms. The number of carboxylic acids is 1. The van der Waals surface area contributed by atoms with Crippen molar-refractivity contribution in [3.8, 4) is 0 Å². The van der Waals surface area contributed by atoms with E-state index in [1.807, 2.05) is 6.92 Å². The Balaban J connectivity index is 3.37. The van der Waals surface area contributed by atoms with E-state index in [1.165, 1.54) is 13.8 Å². The maximum Gasteiger partial charge on any atom is 0.354 e. The summed E-state index contributed by atoms with van der Waals surface area (Å²) in [6.07, 6.45) is 1.59. The predicted molar refractivity (Wildman–Crippen MR) is 59.4 cm³/mol. The number of imidazole rings is 1. The highest BCUT2D eigenvalue weighted by Crippen LogP contribution is 2.24. The third-order valence-electron chi connectivity index (χ3n) is 2.44. The number of aryl methyl sites for hydroxylation is 1. The van der Waals surface area contributed by atoms with E-state index in [9.17, 15) is 9.90 Å². The van der Waals surface area contributed by atoms with Crippen molar-refractivity contribution in [1.29, 1.82) is 0 Å². The molecular formula is C11H18N2O3. The Labute approximate surface area is 94.7 Å². The molecule has 1 aromatic heterocycles. The zero-order valence-corrected chi connectivity index (χ0v) is 10.1. The molecule has 0 radical (unpaired) electrons. The SMILES string of the molecule is CCCc1nc(C(C)(C)O)c(C(=O)O)n1C. The minimum absolute atomic E-state index is 0.0657. The maximum absolute atomic E-state index is 11.1. The van der Waals surface area contributed by atoms with E-state index in [4.69, 9.17) is 5.11 Å². The lowest BCUT2D eigenvalue weighted by Gasteiger charge is -2.15. The minimum Gasteiger partial charge on any atom is -0.477 e. The molecule has 0 unspecified atom stereocenters. The number of hydrogen-bond acceptors (Lipinski definition) is 3. The van der Waals surface area contributed by atoms with Crippen LogP contribution in [0.3, 0.4) is 0 Å². The van der Waals surface area contributed by atoms with Crippen LogP contribution in [0.1, 0.15) is 49.2 Å². The zero-order valence-electron chi connectivity index (χ0n) is 10.1. The van der Waals surface area contributed by atoms with Gasteiger partial charge in [0.1, 0.15) is 17.1 Å². The average molecular weight is 226 g/mol. The number of aliphatic hydroxyl groups is 1. The number of hydrogen-bond donors (Lipinski definition) is 2. The molecule has 16 heavy (non-hydrogen) atoms. The van der Waals surface area contributed by atoms with Crippen LogP contribution in [0.25, 0.3) is 0 Å². The Hall–Kier alpha value is -1.36. The monoisotopic (exact) mass is 226 g/mol. The molecule has 1 aromatic rings. The summed E-state index contributed by atoms with van der Waals surface area (Å²) in [6.45, 7) is 5.08. The van der Waals surface area contributed by atoms with Crippen LogP contribution in [0.5, 0.6) is 0 Å². The van der Waals surface area contributed by atoms with Crippen molar-refractivity contribution in [2.24, 2.45) is 7.05 Å². The quantitative estimate of drug-likeness (QED) is 0.811.